The number of anilines is 1. The maximum absolute atomic E-state index is 11.5. The molecule has 0 unspecified atom stereocenters. The third-order valence-corrected chi connectivity index (χ3v) is 3.33. The third kappa shape index (κ3) is 3.05. The Hall–Kier alpha value is -2.36. The third-order valence-electron chi connectivity index (χ3n) is 3.33. The molecule has 1 aromatic carbocycles. The smallest absolute Gasteiger partial charge is 0.336 e. The van der Waals surface area contributed by atoms with Gasteiger partial charge in [-0.1, -0.05) is 24.3 Å². The molecule has 110 valence electrons. The van der Waals surface area contributed by atoms with Crippen LogP contribution >= 0.6 is 0 Å². The number of aromatic nitrogens is 1. The van der Waals surface area contributed by atoms with E-state index in [1.807, 2.05) is 23.1 Å². The first-order chi connectivity index (χ1) is 9.84. The van der Waals surface area contributed by atoms with E-state index in [0.29, 0.717) is 23.3 Å². The summed E-state index contributed by atoms with van der Waals surface area (Å²) in [7, 11) is 0. The number of para-hydroxylation sites is 1. The van der Waals surface area contributed by atoms with Crippen LogP contribution in [0.25, 0.3) is 10.9 Å². The maximum Gasteiger partial charge on any atom is 0.336 e. The van der Waals surface area contributed by atoms with Crippen LogP contribution in [0.3, 0.4) is 0 Å². The van der Waals surface area contributed by atoms with E-state index in [1.165, 1.54) is 0 Å². The van der Waals surface area contributed by atoms with Crippen molar-refractivity contribution in [1.82, 2.24) is 4.98 Å². The van der Waals surface area contributed by atoms with Crippen molar-refractivity contribution in [2.45, 2.75) is 26.3 Å². The van der Waals surface area contributed by atoms with Crippen LogP contribution in [-0.2, 0) is 0 Å². The lowest BCUT2D eigenvalue weighted by molar-refractivity contribution is 0.0699. The van der Waals surface area contributed by atoms with Crippen LogP contribution in [-0.4, -0.2) is 28.1 Å². The molecule has 1 heterocycles. The van der Waals surface area contributed by atoms with E-state index in [4.69, 9.17) is 0 Å². The second kappa shape index (κ2) is 5.56. The van der Waals surface area contributed by atoms with Gasteiger partial charge in [-0.2, -0.15) is 0 Å². The van der Waals surface area contributed by atoms with E-state index >= 15 is 0 Å². The lowest BCUT2D eigenvalue weighted by Crippen LogP contribution is -2.42. The summed E-state index contributed by atoms with van der Waals surface area (Å²) in [6.07, 6.45) is 1.79. The Bertz CT molecular complexity index is 687. The number of aromatic carboxylic acids is 1. The summed E-state index contributed by atoms with van der Waals surface area (Å²) in [6.45, 7) is 10.6. The van der Waals surface area contributed by atoms with Crippen molar-refractivity contribution >= 4 is 22.7 Å². The van der Waals surface area contributed by atoms with Gasteiger partial charge < -0.3 is 10.0 Å². The predicted octanol–water partition coefficient (Wildman–Crippen LogP) is 3.72. The van der Waals surface area contributed by atoms with Gasteiger partial charge in [0, 0.05) is 17.5 Å². The van der Waals surface area contributed by atoms with Gasteiger partial charge in [-0.05, 0) is 32.9 Å². The molecule has 21 heavy (non-hydrogen) atoms. The Morgan fingerprint density at radius 2 is 2.05 bits per heavy atom. The normalized spacial score (nSPS) is 11.4. The van der Waals surface area contributed by atoms with Gasteiger partial charge in [-0.15, -0.1) is 6.58 Å². The summed E-state index contributed by atoms with van der Waals surface area (Å²) >= 11 is 0. The SMILES string of the molecule is C=CCN(c1cc(C(=O)O)c2ccccc2n1)C(C)(C)C. The van der Waals surface area contributed by atoms with Gasteiger partial charge in [0.2, 0.25) is 0 Å². The lowest BCUT2D eigenvalue weighted by atomic mass is 10.0. The number of hydrogen-bond acceptors (Lipinski definition) is 3. The maximum atomic E-state index is 11.5. The topological polar surface area (TPSA) is 53.4 Å². The number of benzene rings is 1. The first kappa shape index (κ1) is 15.0. The molecule has 0 saturated carbocycles. The molecule has 0 radical (unpaired) electrons. The minimum atomic E-state index is -0.942. The van der Waals surface area contributed by atoms with E-state index in [-0.39, 0.29) is 11.1 Å². The molecule has 0 aliphatic carbocycles. The van der Waals surface area contributed by atoms with Crippen molar-refractivity contribution in [3.8, 4) is 0 Å². The van der Waals surface area contributed by atoms with Gasteiger partial charge in [0.05, 0.1) is 11.1 Å². The molecule has 4 heteroatoms. The van der Waals surface area contributed by atoms with Crippen LogP contribution in [0.4, 0.5) is 5.82 Å². The fourth-order valence-corrected chi connectivity index (χ4v) is 2.32. The summed E-state index contributed by atoms with van der Waals surface area (Å²) in [6, 6.07) is 8.94. The van der Waals surface area contributed by atoms with Crippen molar-refractivity contribution < 1.29 is 9.90 Å². The molecule has 2 rings (SSSR count). The summed E-state index contributed by atoms with van der Waals surface area (Å²) in [5, 5.41) is 10.1. The fraction of sp³-hybridized carbons (Fsp3) is 0.294. The number of carbonyl (C=O) groups is 1. The van der Waals surface area contributed by atoms with Crippen LogP contribution in [0, 0.1) is 0 Å². The highest BCUT2D eigenvalue weighted by Gasteiger charge is 2.23. The van der Waals surface area contributed by atoms with Crippen molar-refractivity contribution in [2.75, 3.05) is 11.4 Å². The highest BCUT2D eigenvalue weighted by Crippen LogP contribution is 2.27. The number of hydrogen-bond donors (Lipinski definition) is 1. The van der Waals surface area contributed by atoms with Crippen molar-refractivity contribution in [1.29, 1.82) is 0 Å². The molecule has 0 fully saturated rings. The highest BCUT2D eigenvalue weighted by molar-refractivity contribution is 6.03. The molecule has 0 aliphatic heterocycles. The van der Waals surface area contributed by atoms with E-state index < -0.39 is 5.97 Å². The van der Waals surface area contributed by atoms with E-state index in [2.05, 4.69) is 32.3 Å². The zero-order valence-corrected chi connectivity index (χ0v) is 12.6. The Kier molecular flexibility index (Phi) is 3.98. The number of nitrogens with zero attached hydrogens (tertiary/aromatic N) is 2. The minimum Gasteiger partial charge on any atom is -0.478 e. The van der Waals surface area contributed by atoms with Crippen LogP contribution in [0.15, 0.2) is 43.0 Å². The zero-order chi connectivity index (χ0) is 15.6. The van der Waals surface area contributed by atoms with Crippen LogP contribution < -0.4 is 4.90 Å². The van der Waals surface area contributed by atoms with Gasteiger partial charge in [-0.3, -0.25) is 0 Å². The highest BCUT2D eigenvalue weighted by atomic mass is 16.4. The number of pyridine rings is 1. The molecule has 1 aromatic heterocycles. The first-order valence-corrected chi connectivity index (χ1v) is 6.86. The lowest BCUT2D eigenvalue weighted by Gasteiger charge is -2.36. The Balaban J connectivity index is 2.69. The quantitative estimate of drug-likeness (QED) is 0.869. The van der Waals surface area contributed by atoms with Crippen molar-refractivity contribution in [3.63, 3.8) is 0 Å². The van der Waals surface area contributed by atoms with Crippen molar-refractivity contribution in [2.24, 2.45) is 0 Å². The molecule has 0 amide bonds. The molecule has 4 nitrogen and oxygen atoms in total. The molecule has 1 N–H and O–H groups in total. The van der Waals surface area contributed by atoms with Gasteiger partial charge in [0.15, 0.2) is 0 Å². The average molecular weight is 284 g/mol. The number of fused-ring (bicyclic) bond motifs is 1. The zero-order valence-electron chi connectivity index (χ0n) is 12.6. The summed E-state index contributed by atoms with van der Waals surface area (Å²) in [4.78, 5) is 18.2. The summed E-state index contributed by atoms with van der Waals surface area (Å²) < 4.78 is 0. The van der Waals surface area contributed by atoms with Gasteiger partial charge in [0.1, 0.15) is 5.82 Å². The Morgan fingerprint density at radius 1 is 1.38 bits per heavy atom. The Morgan fingerprint density at radius 3 is 2.62 bits per heavy atom. The predicted molar refractivity (Wildman–Crippen MR) is 86.0 cm³/mol. The van der Waals surface area contributed by atoms with Gasteiger partial charge in [0.25, 0.3) is 0 Å². The molecule has 0 saturated heterocycles. The second-order valence-corrected chi connectivity index (χ2v) is 5.92. The fourth-order valence-electron chi connectivity index (χ4n) is 2.32. The summed E-state index contributed by atoms with van der Waals surface area (Å²) in [5.41, 5.74) is 0.777. The Labute approximate surface area is 124 Å². The standard InChI is InChI=1S/C17H20N2O2/c1-5-10-19(17(2,3)4)15-11-13(16(20)21)12-8-6-7-9-14(12)18-15/h5-9,11H,1,10H2,2-4H3,(H,20,21). The van der Waals surface area contributed by atoms with E-state index in [9.17, 15) is 9.90 Å². The minimum absolute atomic E-state index is 0.181. The summed E-state index contributed by atoms with van der Waals surface area (Å²) in [5.74, 6) is -0.291. The number of carboxylic acids is 1. The molecule has 0 atom stereocenters. The number of rotatable bonds is 4. The molecule has 0 aliphatic rings. The molecular weight excluding hydrogens is 264 g/mol. The molecule has 2 aromatic rings. The first-order valence-electron chi connectivity index (χ1n) is 6.86. The number of carboxylic acid groups (broad SMARTS) is 1. The van der Waals surface area contributed by atoms with Crippen LogP contribution in [0.2, 0.25) is 0 Å². The van der Waals surface area contributed by atoms with E-state index in [1.54, 1.807) is 18.2 Å². The average Bonchev–Trinajstić information content (AvgIpc) is 2.42. The largest absolute Gasteiger partial charge is 0.478 e. The van der Waals surface area contributed by atoms with Crippen molar-refractivity contribution in [3.05, 3.63) is 48.6 Å². The van der Waals surface area contributed by atoms with Gasteiger partial charge in [-0.25, -0.2) is 9.78 Å². The van der Waals surface area contributed by atoms with Gasteiger partial charge >= 0.3 is 5.97 Å². The molecule has 0 bridgehead atoms. The molecule has 0 spiro atoms. The van der Waals surface area contributed by atoms with Crippen LogP contribution in [0.1, 0.15) is 31.1 Å². The monoisotopic (exact) mass is 284 g/mol. The van der Waals surface area contributed by atoms with Crippen LogP contribution in [0.5, 0.6) is 0 Å². The molecular formula is C17H20N2O2. The second-order valence-electron chi connectivity index (χ2n) is 5.92. The van der Waals surface area contributed by atoms with E-state index in [0.717, 1.165) is 0 Å².